The van der Waals surface area contributed by atoms with Crippen LogP contribution in [0.2, 0.25) is 0 Å². The normalized spacial score (nSPS) is 10.8. The van der Waals surface area contributed by atoms with Gasteiger partial charge in [0.25, 0.3) is 0 Å². The topological polar surface area (TPSA) is 4.93 Å². The predicted molar refractivity (Wildman–Crippen MR) is 136 cm³/mol. The third kappa shape index (κ3) is 3.81. The van der Waals surface area contributed by atoms with E-state index in [0.717, 1.165) is 6.42 Å². The predicted octanol–water partition coefficient (Wildman–Crippen LogP) is 8.21. The van der Waals surface area contributed by atoms with Crippen molar-refractivity contribution in [2.75, 3.05) is 0 Å². The van der Waals surface area contributed by atoms with Gasteiger partial charge in [0.05, 0.1) is 17.1 Å². The first-order valence-corrected chi connectivity index (χ1v) is 11.0. The van der Waals surface area contributed by atoms with E-state index in [1.807, 2.05) is 6.08 Å². The second-order valence-corrected chi connectivity index (χ2v) is 7.88. The Bertz CT molecular complexity index is 1270. The Balaban J connectivity index is 1.73. The highest BCUT2D eigenvalue weighted by Crippen LogP contribution is 2.36. The molecule has 154 valence electrons. The van der Waals surface area contributed by atoms with Crippen molar-refractivity contribution in [1.82, 2.24) is 4.57 Å². The molecule has 0 aliphatic heterocycles. The van der Waals surface area contributed by atoms with Crippen LogP contribution in [-0.4, -0.2) is 4.57 Å². The molecule has 0 bridgehead atoms. The van der Waals surface area contributed by atoms with E-state index < -0.39 is 0 Å². The Morgan fingerprint density at radius 3 is 1.62 bits per heavy atom. The maximum atomic E-state index is 3.86. The first-order chi connectivity index (χ1) is 15.8. The van der Waals surface area contributed by atoms with Gasteiger partial charge in [-0.1, -0.05) is 109 Å². The molecule has 0 amide bonds. The molecule has 0 fully saturated rings. The van der Waals surface area contributed by atoms with Crippen molar-refractivity contribution >= 4 is 0 Å². The van der Waals surface area contributed by atoms with Gasteiger partial charge in [-0.25, -0.2) is 0 Å². The highest BCUT2D eigenvalue weighted by Gasteiger charge is 2.16. The van der Waals surface area contributed by atoms with Crippen LogP contribution in [0.1, 0.15) is 5.56 Å². The number of para-hydroxylation sites is 1. The fraction of sp³-hybridized carbons (Fsp3) is 0.0323. The number of hydrogen-bond acceptors (Lipinski definition) is 0. The van der Waals surface area contributed by atoms with Gasteiger partial charge in [0.2, 0.25) is 0 Å². The van der Waals surface area contributed by atoms with E-state index in [9.17, 15) is 0 Å². The fourth-order valence-electron chi connectivity index (χ4n) is 4.26. The maximum absolute atomic E-state index is 3.86. The van der Waals surface area contributed by atoms with Gasteiger partial charge in [-0.15, -0.1) is 6.58 Å². The highest BCUT2D eigenvalue weighted by atomic mass is 15.0. The molecule has 1 heteroatoms. The fourth-order valence-corrected chi connectivity index (χ4v) is 4.26. The summed E-state index contributed by atoms with van der Waals surface area (Å²) in [6.07, 6.45) is 2.83. The first-order valence-electron chi connectivity index (χ1n) is 11.0. The van der Waals surface area contributed by atoms with Gasteiger partial charge in [0, 0.05) is 5.56 Å². The lowest BCUT2D eigenvalue weighted by molar-refractivity contribution is 1.10. The van der Waals surface area contributed by atoms with Crippen LogP contribution in [0.25, 0.3) is 39.3 Å². The van der Waals surface area contributed by atoms with E-state index in [2.05, 4.69) is 132 Å². The third-order valence-corrected chi connectivity index (χ3v) is 5.81. The van der Waals surface area contributed by atoms with Crippen molar-refractivity contribution in [3.8, 4) is 39.3 Å². The van der Waals surface area contributed by atoms with Gasteiger partial charge in [0.1, 0.15) is 0 Å². The zero-order valence-corrected chi connectivity index (χ0v) is 18.0. The van der Waals surface area contributed by atoms with Crippen molar-refractivity contribution in [2.24, 2.45) is 0 Å². The molecule has 0 radical (unpaired) electrons. The SMILES string of the molecule is C=CCc1ccc(-c2ccccc2-n2c(-c3ccccc3)ccc2-c2ccccc2)cc1. The standard InChI is InChI=1S/C31H25N/c1-2-11-24-18-20-25(21-19-24)28-16-9-10-17-31(28)32-29(26-12-5-3-6-13-26)22-23-30(32)27-14-7-4-8-15-27/h2-10,12-23H,1,11H2. The summed E-state index contributed by atoms with van der Waals surface area (Å²) >= 11 is 0. The number of nitrogens with zero attached hydrogens (tertiary/aromatic N) is 1. The number of hydrogen-bond donors (Lipinski definition) is 0. The molecule has 0 atom stereocenters. The largest absolute Gasteiger partial charge is 0.309 e. The number of allylic oxidation sites excluding steroid dienone is 1. The molecule has 1 aromatic heterocycles. The lowest BCUT2D eigenvalue weighted by Gasteiger charge is -2.18. The Kier molecular flexibility index (Phi) is 5.55. The molecule has 0 aliphatic rings. The van der Waals surface area contributed by atoms with E-state index in [4.69, 9.17) is 0 Å². The van der Waals surface area contributed by atoms with Gasteiger partial charge >= 0.3 is 0 Å². The third-order valence-electron chi connectivity index (χ3n) is 5.81. The quantitative estimate of drug-likeness (QED) is 0.248. The van der Waals surface area contributed by atoms with E-state index in [0.29, 0.717) is 0 Å². The second-order valence-electron chi connectivity index (χ2n) is 7.88. The van der Waals surface area contributed by atoms with E-state index in [1.165, 1.54) is 44.9 Å². The van der Waals surface area contributed by atoms with Crippen LogP contribution in [0.15, 0.2) is 134 Å². The van der Waals surface area contributed by atoms with E-state index in [1.54, 1.807) is 0 Å². The number of benzene rings is 4. The van der Waals surface area contributed by atoms with Gasteiger partial charge in [-0.3, -0.25) is 0 Å². The summed E-state index contributed by atoms with van der Waals surface area (Å²) in [5.74, 6) is 0. The molecule has 1 heterocycles. The lowest BCUT2D eigenvalue weighted by atomic mass is 10.0. The molecule has 0 saturated heterocycles. The summed E-state index contributed by atoms with van der Waals surface area (Å²) in [6, 6.07) is 43.1. The van der Waals surface area contributed by atoms with Crippen LogP contribution >= 0.6 is 0 Å². The second kappa shape index (κ2) is 8.95. The molecule has 0 N–H and O–H groups in total. The molecule has 32 heavy (non-hydrogen) atoms. The summed E-state index contributed by atoms with van der Waals surface area (Å²) in [7, 11) is 0. The van der Waals surface area contributed by atoms with E-state index >= 15 is 0 Å². The first kappa shape index (κ1) is 19.8. The Hall–Kier alpha value is -4.10. The minimum Gasteiger partial charge on any atom is -0.309 e. The number of aromatic nitrogens is 1. The van der Waals surface area contributed by atoms with Crippen LogP contribution in [0, 0.1) is 0 Å². The van der Waals surface area contributed by atoms with Gasteiger partial charge in [-0.2, -0.15) is 0 Å². The summed E-state index contributed by atoms with van der Waals surface area (Å²) in [4.78, 5) is 0. The summed E-state index contributed by atoms with van der Waals surface area (Å²) in [5.41, 5.74) is 9.63. The van der Waals surface area contributed by atoms with Crippen molar-refractivity contribution < 1.29 is 0 Å². The molecule has 0 aliphatic carbocycles. The Morgan fingerprint density at radius 2 is 1.06 bits per heavy atom. The molecule has 5 rings (SSSR count). The molecule has 1 nitrogen and oxygen atoms in total. The van der Waals surface area contributed by atoms with Gasteiger partial charge in [-0.05, 0) is 46.9 Å². The average Bonchev–Trinajstić information content (AvgIpc) is 3.31. The van der Waals surface area contributed by atoms with Crippen LogP contribution in [0.3, 0.4) is 0 Å². The minimum atomic E-state index is 0.885. The molecule has 0 unspecified atom stereocenters. The molecular weight excluding hydrogens is 386 g/mol. The zero-order valence-electron chi connectivity index (χ0n) is 18.0. The zero-order chi connectivity index (χ0) is 21.8. The molecule has 4 aromatic carbocycles. The molecule has 5 aromatic rings. The molecule has 0 spiro atoms. The average molecular weight is 412 g/mol. The molecular formula is C31H25N. The van der Waals surface area contributed by atoms with Gasteiger partial charge < -0.3 is 4.57 Å². The minimum absolute atomic E-state index is 0.885. The summed E-state index contributed by atoms with van der Waals surface area (Å²) in [6.45, 7) is 3.86. The van der Waals surface area contributed by atoms with Crippen molar-refractivity contribution in [1.29, 1.82) is 0 Å². The van der Waals surface area contributed by atoms with Crippen LogP contribution in [0.5, 0.6) is 0 Å². The van der Waals surface area contributed by atoms with Crippen LogP contribution in [0.4, 0.5) is 0 Å². The Morgan fingerprint density at radius 1 is 0.531 bits per heavy atom. The summed E-state index contributed by atoms with van der Waals surface area (Å²) in [5, 5.41) is 0. The van der Waals surface area contributed by atoms with Crippen molar-refractivity contribution in [3.63, 3.8) is 0 Å². The monoisotopic (exact) mass is 411 g/mol. The van der Waals surface area contributed by atoms with Crippen molar-refractivity contribution in [3.05, 3.63) is 140 Å². The number of rotatable bonds is 6. The smallest absolute Gasteiger partial charge is 0.0540 e. The van der Waals surface area contributed by atoms with Crippen LogP contribution in [-0.2, 0) is 6.42 Å². The maximum Gasteiger partial charge on any atom is 0.0540 e. The molecule has 0 saturated carbocycles. The lowest BCUT2D eigenvalue weighted by Crippen LogP contribution is -2.01. The van der Waals surface area contributed by atoms with Crippen molar-refractivity contribution in [2.45, 2.75) is 6.42 Å². The Labute approximate surface area is 189 Å². The van der Waals surface area contributed by atoms with E-state index in [-0.39, 0.29) is 0 Å². The van der Waals surface area contributed by atoms with Crippen LogP contribution < -0.4 is 0 Å². The van der Waals surface area contributed by atoms with Gasteiger partial charge in [0.15, 0.2) is 0 Å². The summed E-state index contributed by atoms with van der Waals surface area (Å²) < 4.78 is 2.39. The highest BCUT2D eigenvalue weighted by molar-refractivity contribution is 5.80.